The predicted molar refractivity (Wildman–Crippen MR) is 109 cm³/mol. The number of carboxylic acid groups (broad SMARTS) is 1. The highest BCUT2D eigenvalue weighted by Crippen LogP contribution is 2.25. The van der Waals surface area contributed by atoms with E-state index in [4.69, 9.17) is 15.8 Å². The van der Waals surface area contributed by atoms with Crippen LogP contribution in [0.2, 0.25) is 6.32 Å². The van der Waals surface area contributed by atoms with Crippen molar-refractivity contribution in [1.82, 2.24) is 4.90 Å². The number of carboxylic acids is 1. The molecule has 0 bridgehead atoms. The average molecular weight is 431 g/mol. The SMILES string of the molecule is Cl.Cl.NC(CCCCB(O)O)(CCN1CCc2ccsc2C1)C(=O)O.O. The molecule has 1 aromatic rings. The zero-order valence-electron chi connectivity index (χ0n) is 14.6. The van der Waals surface area contributed by atoms with Crippen molar-refractivity contribution in [2.75, 3.05) is 13.1 Å². The molecule has 1 atom stereocenters. The standard InChI is InChI=1S/C15H25BN2O4S.2ClH.H2O/c17-15(14(19)20,5-1-2-7-16(21)22)6-9-18-8-3-12-4-10-23-13(12)11-18;;;/h4,10,21-22H,1-3,5-9,11,17H2,(H,19,20);2*1H;1H2. The Hall–Kier alpha value is -0.385. The molecular formula is C15H29BCl2N2O5S. The Morgan fingerprint density at radius 3 is 2.62 bits per heavy atom. The third-order valence-electron chi connectivity index (χ3n) is 4.54. The topological polar surface area (TPSA) is 139 Å². The minimum absolute atomic E-state index is 0. The summed E-state index contributed by atoms with van der Waals surface area (Å²) in [6, 6.07) is 2.16. The first kappa shape index (κ1) is 27.8. The van der Waals surface area contributed by atoms with Gasteiger partial charge >= 0.3 is 13.1 Å². The number of nitrogens with zero attached hydrogens (tertiary/aromatic N) is 1. The van der Waals surface area contributed by atoms with E-state index in [0.29, 0.717) is 32.2 Å². The number of fused-ring (bicyclic) bond motifs is 1. The highest BCUT2D eigenvalue weighted by atomic mass is 35.5. The highest BCUT2D eigenvalue weighted by molar-refractivity contribution is 7.10. The van der Waals surface area contributed by atoms with E-state index in [1.807, 2.05) is 0 Å². The Bertz CT molecular complexity index is 538. The first-order valence-electron chi connectivity index (χ1n) is 8.07. The van der Waals surface area contributed by atoms with E-state index in [9.17, 15) is 9.90 Å². The number of aliphatic carboxylic acids is 1. The molecule has 1 aliphatic rings. The highest BCUT2D eigenvalue weighted by Gasteiger charge is 2.34. The zero-order chi connectivity index (χ0) is 16.9. The number of hydrogen-bond acceptors (Lipinski definition) is 6. The summed E-state index contributed by atoms with van der Waals surface area (Å²) in [5, 5.41) is 29.2. The Morgan fingerprint density at radius 1 is 1.31 bits per heavy atom. The fraction of sp³-hybridized carbons (Fsp3) is 0.667. The minimum Gasteiger partial charge on any atom is -0.480 e. The third kappa shape index (κ3) is 8.10. The van der Waals surface area contributed by atoms with Crippen LogP contribution in [0.25, 0.3) is 0 Å². The lowest BCUT2D eigenvalue weighted by atomic mass is 9.81. The smallest absolute Gasteiger partial charge is 0.451 e. The van der Waals surface area contributed by atoms with Gasteiger partial charge in [0, 0.05) is 24.5 Å². The molecule has 0 aromatic carbocycles. The largest absolute Gasteiger partial charge is 0.480 e. The van der Waals surface area contributed by atoms with Gasteiger partial charge in [-0.15, -0.1) is 36.2 Å². The molecule has 0 fully saturated rings. The predicted octanol–water partition coefficient (Wildman–Crippen LogP) is 0.940. The zero-order valence-corrected chi connectivity index (χ0v) is 17.0. The van der Waals surface area contributed by atoms with E-state index in [-0.39, 0.29) is 36.6 Å². The van der Waals surface area contributed by atoms with E-state index in [0.717, 1.165) is 19.5 Å². The van der Waals surface area contributed by atoms with Crippen molar-refractivity contribution >= 4 is 49.2 Å². The van der Waals surface area contributed by atoms with Gasteiger partial charge in [0.15, 0.2) is 0 Å². The van der Waals surface area contributed by atoms with Crippen LogP contribution in [0.3, 0.4) is 0 Å². The lowest BCUT2D eigenvalue weighted by Gasteiger charge is -2.31. The Labute approximate surface area is 170 Å². The van der Waals surface area contributed by atoms with Crippen LogP contribution in [0.1, 0.15) is 36.1 Å². The molecule has 7 nitrogen and oxygen atoms in total. The van der Waals surface area contributed by atoms with Crippen LogP contribution in [0.4, 0.5) is 0 Å². The second-order valence-corrected chi connectivity index (χ2v) is 7.33. The number of hydrogen-bond donors (Lipinski definition) is 4. The van der Waals surface area contributed by atoms with Crippen LogP contribution >= 0.6 is 36.2 Å². The molecule has 26 heavy (non-hydrogen) atoms. The number of halogens is 2. The third-order valence-corrected chi connectivity index (χ3v) is 5.49. The summed E-state index contributed by atoms with van der Waals surface area (Å²) in [6.45, 7) is 2.48. The van der Waals surface area contributed by atoms with Gasteiger partial charge in [0.2, 0.25) is 0 Å². The number of thiophene rings is 1. The quantitative estimate of drug-likeness (QED) is 0.339. The van der Waals surface area contributed by atoms with Crippen molar-refractivity contribution < 1.29 is 25.4 Å². The minimum atomic E-state index is -1.33. The van der Waals surface area contributed by atoms with E-state index in [1.165, 1.54) is 10.4 Å². The molecule has 0 spiro atoms. The molecular weight excluding hydrogens is 402 g/mol. The first-order valence-corrected chi connectivity index (χ1v) is 8.95. The van der Waals surface area contributed by atoms with Crippen molar-refractivity contribution in [1.29, 1.82) is 0 Å². The molecule has 1 aliphatic heterocycles. The second kappa shape index (κ2) is 12.9. The van der Waals surface area contributed by atoms with Gasteiger partial charge in [0.25, 0.3) is 0 Å². The van der Waals surface area contributed by atoms with Crippen LogP contribution in [0.15, 0.2) is 11.4 Å². The van der Waals surface area contributed by atoms with Crippen LogP contribution in [-0.4, -0.2) is 57.2 Å². The summed E-state index contributed by atoms with van der Waals surface area (Å²) >= 11 is 1.75. The molecule has 0 radical (unpaired) electrons. The molecule has 7 N–H and O–H groups in total. The molecule has 1 unspecified atom stereocenters. The maximum atomic E-state index is 11.5. The van der Waals surface area contributed by atoms with Crippen LogP contribution in [0.5, 0.6) is 0 Å². The monoisotopic (exact) mass is 430 g/mol. The lowest BCUT2D eigenvalue weighted by Crippen LogP contribution is -2.50. The van der Waals surface area contributed by atoms with Gasteiger partial charge in [-0.3, -0.25) is 9.69 Å². The lowest BCUT2D eigenvalue weighted by molar-refractivity contribution is -0.144. The van der Waals surface area contributed by atoms with Crippen molar-refractivity contribution in [3.63, 3.8) is 0 Å². The Balaban J connectivity index is 0. The van der Waals surface area contributed by atoms with E-state index in [2.05, 4.69) is 16.3 Å². The van der Waals surface area contributed by atoms with Crippen molar-refractivity contribution in [3.05, 3.63) is 21.9 Å². The average Bonchev–Trinajstić information content (AvgIpc) is 2.97. The molecule has 2 heterocycles. The van der Waals surface area contributed by atoms with Gasteiger partial charge in [0.05, 0.1) is 0 Å². The van der Waals surface area contributed by atoms with Gasteiger partial charge < -0.3 is 26.4 Å². The van der Waals surface area contributed by atoms with Gasteiger partial charge in [0.1, 0.15) is 5.54 Å². The van der Waals surface area contributed by atoms with E-state index < -0.39 is 18.6 Å². The fourth-order valence-electron chi connectivity index (χ4n) is 2.94. The number of carbonyl (C=O) groups is 1. The fourth-order valence-corrected chi connectivity index (χ4v) is 3.92. The first-order chi connectivity index (χ1) is 10.9. The summed E-state index contributed by atoms with van der Waals surface area (Å²) < 4.78 is 0. The maximum absolute atomic E-state index is 11.5. The van der Waals surface area contributed by atoms with Crippen molar-refractivity contribution in [3.8, 4) is 0 Å². The van der Waals surface area contributed by atoms with Gasteiger partial charge in [-0.05, 0) is 42.6 Å². The summed E-state index contributed by atoms with van der Waals surface area (Å²) in [6.07, 6.45) is 3.17. The Morgan fingerprint density at radius 2 is 2.00 bits per heavy atom. The molecule has 0 saturated heterocycles. The van der Waals surface area contributed by atoms with E-state index in [1.54, 1.807) is 11.3 Å². The number of nitrogens with two attached hydrogens (primary N) is 1. The summed E-state index contributed by atoms with van der Waals surface area (Å²) in [7, 11) is -1.33. The van der Waals surface area contributed by atoms with Crippen LogP contribution in [-0.2, 0) is 17.8 Å². The molecule has 0 saturated carbocycles. The molecule has 1 aromatic heterocycles. The molecule has 152 valence electrons. The molecule has 2 rings (SSSR count). The van der Waals surface area contributed by atoms with Crippen molar-refractivity contribution in [2.45, 2.75) is 50.5 Å². The van der Waals surface area contributed by atoms with Crippen LogP contribution < -0.4 is 5.73 Å². The van der Waals surface area contributed by atoms with Crippen LogP contribution in [0, 0.1) is 0 Å². The summed E-state index contributed by atoms with van der Waals surface area (Å²) in [5.41, 5.74) is 6.27. The number of unbranched alkanes of at least 4 members (excludes halogenated alkanes) is 1. The van der Waals surface area contributed by atoms with Gasteiger partial charge in [-0.25, -0.2) is 0 Å². The van der Waals surface area contributed by atoms with Gasteiger partial charge in [-0.1, -0.05) is 12.8 Å². The maximum Gasteiger partial charge on any atom is 0.451 e. The second-order valence-electron chi connectivity index (χ2n) is 6.33. The number of rotatable bonds is 9. The molecule has 11 heteroatoms. The van der Waals surface area contributed by atoms with E-state index >= 15 is 0 Å². The molecule has 0 amide bonds. The van der Waals surface area contributed by atoms with Crippen molar-refractivity contribution in [2.24, 2.45) is 5.73 Å². The Kier molecular flexibility index (Phi) is 13.8. The summed E-state index contributed by atoms with van der Waals surface area (Å²) in [4.78, 5) is 15.2. The summed E-state index contributed by atoms with van der Waals surface area (Å²) in [5.74, 6) is -0.976. The van der Waals surface area contributed by atoms with Gasteiger partial charge in [-0.2, -0.15) is 0 Å². The molecule has 0 aliphatic carbocycles. The normalized spacial score (nSPS) is 15.5.